The van der Waals surface area contributed by atoms with Crippen LogP contribution in [0.5, 0.6) is 0 Å². The molecule has 0 aliphatic heterocycles. The predicted octanol–water partition coefficient (Wildman–Crippen LogP) is 2.30. The van der Waals surface area contributed by atoms with Gasteiger partial charge in [0.25, 0.3) is 0 Å². The van der Waals surface area contributed by atoms with Gasteiger partial charge in [0.05, 0.1) is 10.6 Å². The van der Waals surface area contributed by atoms with E-state index in [2.05, 4.69) is 11.6 Å². The maximum atomic E-state index is 10.7. The van der Waals surface area contributed by atoms with Gasteiger partial charge in [-0.3, -0.25) is 4.79 Å². The number of carbonyl (C=O) groups is 1. The van der Waals surface area contributed by atoms with Gasteiger partial charge in [0.15, 0.2) is 6.29 Å². The molecule has 0 aliphatic carbocycles. The number of halogens is 2. The van der Waals surface area contributed by atoms with E-state index >= 15 is 0 Å². The van der Waals surface area contributed by atoms with E-state index in [1.807, 2.05) is 28.8 Å². The molecule has 0 rings (SSSR count). The molecule has 14 heavy (non-hydrogen) atoms. The second kappa shape index (κ2) is 7.30. The average Bonchev–Trinajstić information content (AvgIpc) is 2.18. The van der Waals surface area contributed by atoms with Crippen LogP contribution in [0.4, 0.5) is 0 Å². The molecule has 0 aromatic carbocycles. The van der Waals surface area contributed by atoms with Crippen LogP contribution in [0.2, 0.25) is 0 Å². The molecule has 0 saturated heterocycles. The van der Waals surface area contributed by atoms with Gasteiger partial charge in [0.1, 0.15) is 5.17 Å². The lowest BCUT2D eigenvalue weighted by atomic mass is 10.2. The number of allylic oxidation sites excluding steroid dienone is 2. The summed E-state index contributed by atoms with van der Waals surface area (Å²) in [5.74, 6) is 0. The molecular formula is C8H10ClIN2OS. The number of carbonyl (C=O) groups excluding carboxylic acids is 1. The van der Waals surface area contributed by atoms with Crippen LogP contribution >= 0.6 is 46.0 Å². The fraction of sp³-hybridized carbons (Fsp3) is 0.250. The molecule has 0 saturated carbocycles. The van der Waals surface area contributed by atoms with Crippen molar-refractivity contribution in [3.63, 3.8) is 0 Å². The molecule has 0 bridgehead atoms. The van der Waals surface area contributed by atoms with Gasteiger partial charge in [-0.15, -0.1) is 11.8 Å². The third-order valence-electron chi connectivity index (χ3n) is 1.29. The van der Waals surface area contributed by atoms with Crippen LogP contribution in [-0.4, -0.2) is 22.1 Å². The van der Waals surface area contributed by atoms with Crippen molar-refractivity contribution in [3.05, 3.63) is 22.9 Å². The van der Waals surface area contributed by atoms with Crippen molar-refractivity contribution >= 4 is 57.4 Å². The highest BCUT2D eigenvalue weighted by Gasteiger charge is 2.07. The minimum Gasteiger partial charge on any atom is -0.401 e. The summed E-state index contributed by atoms with van der Waals surface area (Å²) in [6, 6.07) is 0. The quantitative estimate of drug-likeness (QED) is 0.274. The number of alkyl halides is 1. The van der Waals surface area contributed by atoms with Crippen LogP contribution in [0.15, 0.2) is 27.9 Å². The van der Waals surface area contributed by atoms with Crippen LogP contribution in [0.1, 0.15) is 0 Å². The summed E-state index contributed by atoms with van der Waals surface area (Å²) >= 11 is 9.20. The Balaban J connectivity index is 4.98. The highest BCUT2D eigenvalue weighted by molar-refractivity contribution is 14.1. The molecule has 0 heterocycles. The lowest BCUT2D eigenvalue weighted by Gasteiger charge is -2.01. The Kier molecular flexibility index (Phi) is 7.30. The van der Waals surface area contributed by atoms with Crippen LogP contribution < -0.4 is 5.73 Å². The molecule has 0 unspecified atom stereocenters. The van der Waals surface area contributed by atoms with E-state index in [0.717, 1.165) is 0 Å². The smallest absolute Gasteiger partial charge is 0.154 e. The first kappa shape index (κ1) is 14.0. The Morgan fingerprint density at radius 1 is 1.79 bits per heavy atom. The molecule has 3 nitrogen and oxygen atoms in total. The molecular weight excluding hydrogens is 335 g/mol. The maximum Gasteiger partial charge on any atom is 0.154 e. The van der Waals surface area contributed by atoms with E-state index in [1.54, 1.807) is 0 Å². The Morgan fingerprint density at radius 2 is 2.36 bits per heavy atom. The predicted molar refractivity (Wildman–Crippen MR) is 72.1 cm³/mol. The number of rotatable bonds is 5. The van der Waals surface area contributed by atoms with Crippen molar-refractivity contribution in [3.8, 4) is 0 Å². The molecule has 0 aromatic heterocycles. The summed E-state index contributed by atoms with van der Waals surface area (Å²) in [6.45, 7) is 3.62. The van der Waals surface area contributed by atoms with Crippen molar-refractivity contribution in [1.82, 2.24) is 0 Å². The van der Waals surface area contributed by atoms with Gasteiger partial charge in [-0.25, -0.2) is 4.99 Å². The van der Waals surface area contributed by atoms with Gasteiger partial charge in [0, 0.05) is 10.1 Å². The molecule has 0 spiro atoms. The molecule has 78 valence electrons. The second-order valence-electron chi connectivity index (χ2n) is 2.19. The number of hydrogen-bond acceptors (Lipinski definition) is 4. The highest BCUT2D eigenvalue weighted by atomic mass is 127. The first-order valence-electron chi connectivity index (χ1n) is 3.54. The maximum absolute atomic E-state index is 10.7. The third kappa shape index (κ3) is 4.47. The Bertz CT molecular complexity index is 302. The van der Waals surface area contributed by atoms with Gasteiger partial charge in [-0.2, -0.15) is 0 Å². The standard InChI is InChI=1S/C8H10ClIN2OS/c1-5(14-2)12-8(9)6(4-13)7(11)3-10/h4H,1,3,11H2,2H3/b7-6-,12-8+. The first-order valence-corrected chi connectivity index (χ1v) is 6.66. The summed E-state index contributed by atoms with van der Waals surface area (Å²) < 4.78 is 0.531. The fourth-order valence-electron chi connectivity index (χ4n) is 0.544. The zero-order valence-corrected chi connectivity index (χ0v) is 11.3. The monoisotopic (exact) mass is 344 g/mol. The first-order chi connectivity index (χ1) is 6.56. The van der Waals surface area contributed by atoms with Crippen LogP contribution in [-0.2, 0) is 4.79 Å². The SMILES string of the molecule is C=C(/N=C(Cl)\C(C=O)=C(/N)CI)SC. The van der Waals surface area contributed by atoms with Crippen molar-refractivity contribution in [2.45, 2.75) is 0 Å². The summed E-state index contributed by atoms with van der Waals surface area (Å²) in [5.41, 5.74) is 6.24. The van der Waals surface area contributed by atoms with Gasteiger partial charge in [0.2, 0.25) is 0 Å². The lowest BCUT2D eigenvalue weighted by molar-refractivity contribution is -0.104. The number of nitrogens with two attached hydrogens (primary N) is 1. The van der Waals surface area contributed by atoms with Gasteiger partial charge < -0.3 is 5.73 Å². The van der Waals surface area contributed by atoms with E-state index in [-0.39, 0.29) is 10.7 Å². The molecule has 0 atom stereocenters. The van der Waals surface area contributed by atoms with Crippen LogP contribution in [0, 0.1) is 0 Å². The van der Waals surface area contributed by atoms with Crippen molar-refractivity contribution in [1.29, 1.82) is 0 Å². The topological polar surface area (TPSA) is 55.5 Å². The summed E-state index contributed by atoms with van der Waals surface area (Å²) in [6.07, 6.45) is 2.43. The largest absolute Gasteiger partial charge is 0.401 e. The number of nitrogens with zero attached hydrogens (tertiary/aromatic N) is 1. The minimum atomic E-state index is 0.0912. The Morgan fingerprint density at radius 3 is 2.71 bits per heavy atom. The average molecular weight is 345 g/mol. The lowest BCUT2D eigenvalue weighted by Crippen LogP contribution is -2.09. The van der Waals surface area contributed by atoms with E-state index < -0.39 is 0 Å². The molecule has 0 fully saturated rings. The zero-order valence-electron chi connectivity index (χ0n) is 7.59. The van der Waals surface area contributed by atoms with Crippen molar-refractivity contribution < 1.29 is 4.79 Å². The minimum absolute atomic E-state index is 0.0912. The second-order valence-corrected chi connectivity index (χ2v) is 4.19. The number of aldehydes is 1. The van der Waals surface area contributed by atoms with E-state index in [0.29, 0.717) is 21.4 Å². The zero-order chi connectivity index (χ0) is 11.1. The molecule has 0 amide bonds. The van der Waals surface area contributed by atoms with Gasteiger partial charge >= 0.3 is 0 Å². The Labute approximate surface area is 106 Å². The number of aliphatic imine (C=N–C) groups is 1. The third-order valence-corrected chi connectivity index (χ3v) is 2.96. The molecule has 0 radical (unpaired) electrons. The van der Waals surface area contributed by atoms with E-state index in [9.17, 15) is 4.79 Å². The summed E-state index contributed by atoms with van der Waals surface area (Å²) in [4.78, 5) is 14.6. The summed E-state index contributed by atoms with van der Waals surface area (Å²) in [7, 11) is 0. The number of hydrogen-bond donors (Lipinski definition) is 1. The Hall–Kier alpha value is -0.0100. The molecule has 0 aliphatic rings. The van der Waals surface area contributed by atoms with E-state index in [1.165, 1.54) is 11.8 Å². The normalized spacial score (nSPS) is 13.5. The van der Waals surface area contributed by atoms with E-state index in [4.69, 9.17) is 17.3 Å². The molecule has 0 aromatic rings. The van der Waals surface area contributed by atoms with Crippen molar-refractivity contribution in [2.24, 2.45) is 10.7 Å². The highest BCUT2D eigenvalue weighted by Crippen LogP contribution is 2.14. The number of thioether (sulfide) groups is 1. The fourth-order valence-corrected chi connectivity index (χ4v) is 1.46. The van der Waals surface area contributed by atoms with Gasteiger partial charge in [-0.1, -0.05) is 40.8 Å². The van der Waals surface area contributed by atoms with Crippen LogP contribution in [0.3, 0.4) is 0 Å². The van der Waals surface area contributed by atoms with Gasteiger partial charge in [-0.05, 0) is 6.26 Å². The molecule has 2 N–H and O–H groups in total. The van der Waals surface area contributed by atoms with Crippen molar-refractivity contribution in [2.75, 3.05) is 10.7 Å². The summed E-state index contributed by atoms with van der Waals surface area (Å²) in [5, 5.41) is 0.629. The van der Waals surface area contributed by atoms with Crippen LogP contribution in [0.25, 0.3) is 0 Å². The molecule has 6 heteroatoms.